The first-order chi connectivity index (χ1) is 18.7. The van der Waals surface area contributed by atoms with Crippen molar-refractivity contribution in [3.8, 4) is 0 Å². The zero-order valence-corrected chi connectivity index (χ0v) is 27.2. The third kappa shape index (κ3) is 4.76. The number of hydrogen-bond donors (Lipinski definition) is 0. The summed E-state index contributed by atoms with van der Waals surface area (Å²) >= 11 is -6.37. The zero-order valence-electron chi connectivity index (χ0n) is 24.2. The Morgan fingerprint density at radius 1 is 0.690 bits per heavy atom. The van der Waals surface area contributed by atoms with Crippen LogP contribution in [0.4, 0.5) is 39.5 Å². The SMILES string of the molecule is CCCC(F)C(F)(F)C(F)(F)C(F)(F)C(F)(F)S(=O)(=O)OI(c1ccccc1)(c1ccccc1)(C(C)(C)C)C(C)(C)C. The van der Waals surface area contributed by atoms with Gasteiger partial charge in [-0.15, -0.1) is 0 Å². The summed E-state index contributed by atoms with van der Waals surface area (Å²) in [6, 6.07) is 14.2. The Hall–Kier alpha value is -1.55. The average molecular weight is 751 g/mol. The van der Waals surface area contributed by atoms with Gasteiger partial charge in [0, 0.05) is 0 Å². The van der Waals surface area contributed by atoms with Gasteiger partial charge in [0.05, 0.1) is 0 Å². The normalized spacial score (nSPS) is 16.5. The Bertz CT molecular complexity index is 1280. The number of alkyl halides is 11. The molecule has 0 aromatic heterocycles. The second-order valence-corrected chi connectivity index (χ2v) is 28.2. The van der Waals surface area contributed by atoms with Crippen LogP contribution in [0.3, 0.4) is 0 Å². The van der Waals surface area contributed by atoms with E-state index in [1.54, 1.807) is 0 Å². The monoisotopic (exact) mass is 750 g/mol. The standard InChI is InChI=1S/C28H36F9IO3S/c1-8-15-22(29)25(30,31)26(32,33)27(34,35)28(36,37)42(39,40)41-38(23(2,3)4,24(5,6)7,20-16-11-9-12-17-20)21-18-13-10-14-19-21/h9-14,16-19,22H,8,15H2,1-7H3. The number of hydrogen-bond acceptors (Lipinski definition) is 3. The molecule has 0 heterocycles. The molecule has 14 heteroatoms. The molecule has 2 aromatic rings. The fourth-order valence-electron chi connectivity index (χ4n) is 5.24. The molecule has 242 valence electrons. The Labute approximate surface area is 242 Å². The van der Waals surface area contributed by atoms with Crippen molar-refractivity contribution in [2.75, 3.05) is 0 Å². The second kappa shape index (κ2) is 11.1. The van der Waals surface area contributed by atoms with Crippen LogP contribution in [0.2, 0.25) is 0 Å². The molecule has 0 amide bonds. The molecule has 0 spiro atoms. The van der Waals surface area contributed by atoms with Crippen LogP contribution < -0.4 is 0 Å². The van der Waals surface area contributed by atoms with E-state index in [0.29, 0.717) is 0 Å². The summed E-state index contributed by atoms with van der Waals surface area (Å²) in [7, 11) is -7.21. The van der Waals surface area contributed by atoms with Crippen molar-refractivity contribution in [1.29, 1.82) is 0 Å². The van der Waals surface area contributed by atoms with Crippen molar-refractivity contribution in [1.82, 2.24) is 0 Å². The van der Waals surface area contributed by atoms with E-state index in [-0.39, 0.29) is 7.14 Å². The minimum absolute atomic E-state index is 0.0424. The number of benzene rings is 2. The van der Waals surface area contributed by atoms with Gasteiger partial charge in [0.25, 0.3) is 0 Å². The van der Waals surface area contributed by atoms with Crippen LogP contribution in [-0.4, -0.2) is 44.5 Å². The van der Waals surface area contributed by atoms with Crippen LogP contribution in [0.15, 0.2) is 60.7 Å². The summed E-state index contributed by atoms with van der Waals surface area (Å²) < 4.78 is 163. The molecule has 0 aliphatic carbocycles. The minimum atomic E-state index is -7.31. The summed E-state index contributed by atoms with van der Waals surface area (Å²) in [6.45, 7) is 9.74. The van der Waals surface area contributed by atoms with Crippen molar-refractivity contribution in [3.63, 3.8) is 0 Å². The molecular formula is C28H36F9IO3S. The van der Waals surface area contributed by atoms with Gasteiger partial charge in [-0.1, -0.05) is 0 Å². The summed E-state index contributed by atoms with van der Waals surface area (Å²) in [6.07, 6.45) is -5.86. The van der Waals surface area contributed by atoms with Gasteiger partial charge in [0.15, 0.2) is 0 Å². The van der Waals surface area contributed by atoms with Crippen LogP contribution in [0.25, 0.3) is 0 Å². The van der Waals surface area contributed by atoms with Crippen LogP contribution in [0, 0.1) is 7.14 Å². The third-order valence-electron chi connectivity index (χ3n) is 7.10. The quantitative estimate of drug-likeness (QED) is 0.131. The summed E-state index contributed by atoms with van der Waals surface area (Å²) in [5.74, 6) is -20.8. The predicted octanol–water partition coefficient (Wildman–Crippen LogP) is 9.80. The predicted molar refractivity (Wildman–Crippen MR) is 153 cm³/mol. The number of halogens is 10. The first-order valence-corrected chi connectivity index (χ1v) is 19.4. The van der Waals surface area contributed by atoms with Gasteiger partial charge in [-0.05, 0) is 0 Å². The van der Waals surface area contributed by atoms with Crippen molar-refractivity contribution in [2.45, 2.75) is 97.3 Å². The topological polar surface area (TPSA) is 43.4 Å². The van der Waals surface area contributed by atoms with Crippen LogP contribution in [0.1, 0.15) is 61.3 Å². The summed E-state index contributed by atoms with van der Waals surface area (Å²) in [5.41, 5.74) is 0. The van der Waals surface area contributed by atoms with Crippen molar-refractivity contribution < 1.29 is 50.4 Å². The van der Waals surface area contributed by atoms with Gasteiger partial charge in [0.2, 0.25) is 0 Å². The van der Waals surface area contributed by atoms with Gasteiger partial charge >= 0.3 is 243 Å². The van der Waals surface area contributed by atoms with Crippen LogP contribution >= 0.6 is 17.5 Å². The molecule has 42 heavy (non-hydrogen) atoms. The van der Waals surface area contributed by atoms with Gasteiger partial charge in [-0.3, -0.25) is 0 Å². The zero-order chi connectivity index (χ0) is 32.9. The fraction of sp³-hybridized carbons (Fsp3) is 0.571. The molecule has 3 nitrogen and oxygen atoms in total. The van der Waals surface area contributed by atoms with E-state index >= 15 is 17.6 Å². The summed E-state index contributed by atoms with van der Waals surface area (Å²) in [5, 5.41) is -6.94. The third-order valence-corrected chi connectivity index (χ3v) is 30.5. The van der Waals surface area contributed by atoms with Crippen molar-refractivity contribution in [2.24, 2.45) is 0 Å². The molecule has 0 saturated heterocycles. The van der Waals surface area contributed by atoms with E-state index in [1.165, 1.54) is 102 Å². The van der Waals surface area contributed by atoms with E-state index in [2.05, 4.69) is 0 Å². The Morgan fingerprint density at radius 2 is 1.05 bits per heavy atom. The van der Waals surface area contributed by atoms with Crippen LogP contribution in [0.5, 0.6) is 0 Å². The second-order valence-electron chi connectivity index (χ2n) is 11.7. The molecule has 0 saturated carbocycles. The van der Waals surface area contributed by atoms with Gasteiger partial charge in [-0.2, -0.15) is 0 Å². The van der Waals surface area contributed by atoms with Crippen molar-refractivity contribution in [3.05, 3.63) is 67.8 Å². The molecule has 0 aliphatic heterocycles. The Morgan fingerprint density at radius 3 is 1.36 bits per heavy atom. The maximum absolute atomic E-state index is 15.6. The van der Waals surface area contributed by atoms with E-state index < -0.39 is 76.5 Å². The number of rotatable bonds is 11. The van der Waals surface area contributed by atoms with E-state index in [1.807, 2.05) is 0 Å². The van der Waals surface area contributed by atoms with Crippen molar-refractivity contribution >= 4 is 27.6 Å². The average Bonchev–Trinajstić information content (AvgIpc) is 2.86. The maximum atomic E-state index is 15.6. The van der Waals surface area contributed by atoms with E-state index in [9.17, 15) is 30.4 Å². The first kappa shape index (κ1) is 36.6. The van der Waals surface area contributed by atoms with E-state index in [0.717, 1.165) is 6.92 Å². The van der Waals surface area contributed by atoms with Gasteiger partial charge in [-0.25, -0.2) is 0 Å². The molecule has 0 bridgehead atoms. The molecule has 1 unspecified atom stereocenters. The van der Waals surface area contributed by atoms with E-state index in [4.69, 9.17) is 2.51 Å². The van der Waals surface area contributed by atoms with Gasteiger partial charge < -0.3 is 0 Å². The molecule has 0 radical (unpaired) electrons. The molecule has 0 fully saturated rings. The first-order valence-electron chi connectivity index (χ1n) is 12.8. The Balaban J connectivity index is 3.09. The van der Waals surface area contributed by atoms with Gasteiger partial charge in [0.1, 0.15) is 0 Å². The molecule has 0 aliphatic rings. The molecular weight excluding hydrogens is 714 g/mol. The molecule has 0 N–H and O–H groups in total. The molecule has 2 aromatic carbocycles. The van der Waals surface area contributed by atoms with Crippen LogP contribution in [-0.2, 0) is 12.6 Å². The molecule has 1 atom stereocenters. The summed E-state index contributed by atoms with van der Waals surface area (Å²) in [4.78, 5) is 0. The molecule has 2 rings (SSSR count). The fourth-order valence-corrected chi connectivity index (χ4v) is 31.2. The Kier molecular flexibility index (Phi) is 9.69.